The molecule has 0 nitrogen and oxygen atoms in total. The molecule has 0 saturated carbocycles. The van der Waals surface area contributed by atoms with Gasteiger partial charge in [0.25, 0.3) is 0 Å². The van der Waals surface area contributed by atoms with E-state index < -0.39 is 0 Å². The van der Waals surface area contributed by atoms with Gasteiger partial charge in [-0.2, -0.15) is 0 Å². The van der Waals surface area contributed by atoms with Gasteiger partial charge in [-0.05, 0) is 12.5 Å². The first-order valence-corrected chi connectivity index (χ1v) is 3.57. The van der Waals surface area contributed by atoms with Gasteiger partial charge in [-0.25, -0.2) is 0 Å². The largest absolute Gasteiger partial charge is 0.122 e. The van der Waals surface area contributed by atoms with Gasteiger partial charge < -0.3 is 0 Å². The number of halogens is 1. The topological polar surface area (TPSA) is 0 Å². The van der Waals surface area contributed by atoms with Crippen LogP contribution in [-0.4, -0.2) is 5.88 Å². The fourth-order valence-electron chi connectivity index (χ4n) is 0.367. The Hall–Kier alpha value is -0.670. The first kappa shape index (κ1) is 9.33. The molecular formula is C9H11Cl. The molecule has 0 aromatic heterocycles. The van der Waals surface area contributed by atoms with Crippen LogP contribution in [-0.2, 0) is 0 Å². The smallest absolute Gasteiger partial charge is 0.0440 e. The van der Waals surface area contributed by atoms with Gasteiger partial charge in [0, 0.05) is 12.3 Å². The number of alkyl halides is 1. The van der Waals surface area contributed by atoms with E-state index in [2.05, 4.69) is 25.0 Å². The molecule has 0 aliphatic carbocycles. The Labute approximate surface area is 67.6 Å². The number of hydrogen-bond donors (Lipinski definition) is 0. The second-order valence-corrected chi connectivity index (χ2v) is 2.41. The third kappa shape index (κ3) is 5.47. The highest BCUT2D eigenvalue weighted by atomic mass is 35.5. The van der Waals surface area contributed by atoms with Crippen LogP contribution in [0.5, 0.6) is 0 Å². The summed E-state index contributed by atoms with van der Waals surface area (Å²) in [7, 11) is 0. The summed E-state index contributed by atoms with van der Waals surface area (Å²) in [6, 6.07) is 0. The molecular weight excluding hydrogens is 144 g/mol. The Morgan fingerprint density at radius 2 is 2.10 bits per heavy atom. The summed E-state index contributed by atoms with van der Waals surface area (Å²) in [6.07, 6.45) is 0.677. The van der Waals surface area contributed by atoms with E-state index in [1.54, 1.807) is 0 Å². The first-order valence-electron chi connectivity index (χ1n) is 3.04. The maximum Gasteiger partial charge on any atom is 0.0440 e. The van der Waals surface area contributed by atoms with Gasteiger partial charge in [-0.3, -0.25) is 0 Å². The minimum Gasteiger partial charge on any atom is -0.122 e. The van der Waals surface area contributed by atoms with E-state index in [-0.39, 0.29) is 0 Å². The lowest BCUT2D eigenvalue weighted by Gasteiger charge is -1.89. The van der Waals surface area contributed by atoms with Crippen molar-refractivity contribution in [2.24, 2.45) is 0 Å². The average molecular weight is 155 g/mol. The molecule has 0 bridgehead atoms. The van der Waals surface area contributed by atoms with Crippen LogP contribution in [0.2, 0.25) is 0 Å². The molecule has 0 heterocycles. The quantitative estimate of drug-likeness (QED) is 0.326. The molecule has 10 heavy (non-hydrogen) atoms. The summed E-state index contributed by atoms with van der Waals surface area (Å²) in [4.78, 5) is 0. The van der Waals surface area contributed by atoms with E-state index in [0.29, 0.717) is 12.3 Å². The van der Waals surface area contributed by atoms with Crippen molar-refractivity contribution in [2.75, 3.05) is 5.88 Å². The maximum absolute atomic E-state index is 5.48. The van der Waals surface area contributed by atoms with Crippen LogP contribution in [0.4, 0.5) is 0 Å². The Bertz CT molecular complexity index is 191. The van der Waals surface area contributed by atoms with Crippen LogP contribution in [0.3, 0.4) is 0 Å². The first-order chi connectivity index (χ1) is 4.66. The predicted molar refractivity (Wildman–Crippen MR) is 47.1 cm³/mol. The minimum atomic E-state index is 0.491. The Morgan fingerprint density at radius 3 is 2.50 bits per heavy atom. The van der Waals surface area contributed by atoms with Gasteiger partial charge >= 0.3 is 0 Å². The summed E-state index contributed by atoms with van der Waals surface area (Å²) < 4.78 is 0. The second kappa shape index (κ2) is 5.14. The molecule has 0 atom stereocenters. The Kier molecular flexibility index (Phi) is 4.80. The fourth-order valence-corrected chi connectivity index (χ4v) is 0.462. The summed E-state index contributed by atoms with van der Waals surface area (Å²) in [5.41, 5.74) is 1.83. The molecule has 0 N–H and O–H groups in total. The zero-order valence-electron chi connectivity index (χ0n) is 6.21. The highest BCUT2D eigenvalue weighted by molar-refractivity contribution is 6.19. The molecule has 1 heteroatoms. The van der Waals surface area contributed by atoms with Crippen LogP contribution in [0.25, 0.3) is 0 Å². The van der Waals surface area contributed by atoms with Gasteiger partial charge in [0.2, 0.25) is 0 Å². The molecule has 0 aliphatic heterocycles. The van der Waals surface area contributed by atoms with Crippen LogP contribution in [0, 0.1) is 11.8 Å². The monoisotopic (exact) mass is 154 g/mol. The van der Waals surface area contributed by atoms with Crippen molar-refractivity contribution >= 4 is 11.6 Å². The standard InChI is InChI=1S/C9H11Cl/c1-8(2)5-4-6-9(3)7-10/h1,3,6-7H2,2H3. The van der Waals surface area contributed by atoms with Gasteiger partial charge in [-0.15, -0.1) is 11.6 Å². The van der Waals surface area contributed by atoms with E-state index in [9.17, 15) is 0 Å². The summed E-state index contributed by atoms with van der Waals surface area (Å²) in [5.74, 6) is 6.24. The van der Waals surface area contributed by atoms with Crippen molar-refractivity contribution in [1.82, 2.24) is 0 Å². The molecule has 0 rings (SSSR count). The SMILES string of the molecule is C=C(C)C#CCC(=C)CCl. The fraction of sp³-hybridized carbons (Fsp3) is 0.333. The van der Waals surface area contributed by atoms with Crippen LogP contribution < -0.4 is 0 Å². The molecule has 0 unspecified atom stereocenters. The van der Waals surface area contributed by atoms with Crippen molar-refractivity contribution in [2.45, 2.75) is 13.3 Å². The van der Waals surface area contributed by atoms with Crippen LogP contribution >= 0.6 is 11.6 Å². The molecule has 0 aromatic carbocycles. The van der Waals surface area contributed by atoms with Crippen LogP contribution in [0.1, 0.15) is 13.3 Å². The van der Waals surface area contributed by atoms with E-state index in [1.807, 2.05) is 6.92 Å². The van der Waals surface area contributed by atoms with Gasteiger partial charge in [0.1, 0.15) is 0 Å². The van der Waals surface area contributed by atoms with Crippen molar-refractivity contribution < 1.29 is 0 Å². The molecule has 0 radical (unpaired) electrons. The molecule has 54 valence electrons. The maximum atomic E-state index is 5.48. The van der Waals surface area contributed by atoms with E-state index >= 15 is 0 Å². The molecule has 0 saturated heterocycles. The zero-order chi connectivity index (χ0) is 7.98. The number of rotatable bonds is 2. The van der Waals surface area contributed by atoms with Gasteiger partial charge in [0.15, 0.2) is 0 Å². The third-order valence-corrected chi connectivity index (χ3v) is 1.21. The van der Waals surface area contributed by atoms with Gasteiger partial charge in [-0.1, -0.05) is 30.6 Å². The van der Waals surface area contributed by atoms with Gasteiger partial charge in [0.05, 0.1) is 0 Å². The number of allylic oxidation sites excluding steroid dienone is 2. The van der Waals surface area contributed by atoms with E-state index in [1.165, 1.54) is 0 Å². The lowest BCUT2D eigenvalue weighted by Crippen LogP contribution is -1.78. The van der Waals surface area contributed by atoms with Crippen molar-refractivity contribution in [3.63, 3.8) is 0 Å². The summed E-state index contributed by atoms with van der Waals surface area (Å²) in [5, 5.41) is 0. The minimum absolute atomic E-state index is 0.491. The molecule has 0 amide bonds. The van der Waals surface area contributed by atoms with E-state index in [0.717, 1.165) is 11.1 Å². The van der Waals surface area contributed by atoms with E-state index in [4.69, 9.17) is 11.6 Å². The van der Waals surface area contributed by atoms with Crippen molar-refractivity contribution in [3.8, 4) is 11.8 Å². The van der Waals surface area contributed by atoms with Crippen molar-refractivity contribution in [3.05, 3.63) is 24.3 Å². The molecule has 0 fully saturated rings. The summed E-state index contributed by atoms with van der Waals surface area (Å²) in [6.45, 7) is 9.22. The molecule has 0 aliphatic rings. The summed E-state index contributed by atoms with van der Waals surface area (Å²) >= 11 is 5.48. The van der Waals surface area contributed by atoms with Crippen LogP contribution in [0.15, 0.2) is 24.3 Å². The normalized spacial score (nSPS) is 7.80. The Balaban J connectivity index is 3.66. The molecule has 0 aromatic rings. The van der Waals surface area contributed by atoms with Crippen molar-refractivity contribution in [1.29, 1.82) is 0 Å². The lowest BCUT2D eigenvalue weighted by atomic mass is 10.2. The lowest BCUT2D eigenvalue weighted by molar-refractivity contribution is 1.27. The predicted octanol–water partition coefficient (Wildman–Crippen LogP) is 2.75. The highest BCUT2D eigenvalue weighted by Crippen LogP contribution is 1.98. The number of hydrogen-bond acceptors (Lipinski definition) is 0. The highest BCUT2D eigenvalue weighted by Gasteiger charge is 1.84. The third-order valence-electron chi connectivity index (χ3n) is 0.829. The zero-order valence-corrected chi connectivity index (χ0v) is 6.96. The Morgan fingerprint density at radius 1 is 1.50 bits per heavy atom. The average Bonchev–Trinajstić information content (AvgIpc) is 1.87. The molecule has 0 spiro atoms. The second-order valence-electron chi connectivity index (χ2n) is 2.14.